The minimum absolute atomic E-state index is 0. The van der Waals surface area contributed by atoms with E-state index in [1.165, 1.54) is 17.5 Å². The number of benzene rings is 2. The first-order chi connectivity index (χ1) is 18.5. The molecule has 0 N–H and O–H groups in total. The monoisotopic (exact) mass is 716 g/mol. The lowest BCUT2D eigenvalue weighted by Crippen LogP contribution is -2.66. The Morgan fingerprint density at radius 2 is 0.651 bits per heavy atom. The van der Waals surface area contributed by atoms with E-state index in [0.717, 1.165) is 36.2 Å². The molecule has 2 fully saturated rings. The van der Waals surface area contributed by atoms with Gasteiger partial charge in [0.25, 0.3) is 0 Å². The Hall–Kier alpha value is 0.0200. The Balaban J connectivity index is 0.00000441. The summed E-state index contributed by atoms with van der Waals surface area (Å²) in [5.41, 5.74) is 2.68. The van der Waals surface area contributed by atoms with Crippen LogP contribution in [0.5, 0.6) is 0 Å². The molecule has 8 unspecified atom stereocenters. The van der Waals surface area contributed by atoms with Gasteiger partial charge in [0.2, 0.25) is 0 Å². The van der Waals surface area contributed by atoms with Crippen molar-refractivity contribution in [1.29, 1.82) is 0 Å². The van der Waals surface area contributed by atoms with Gasteiger partial charge in [0.15, 0.2) is 0 Å². The van der Waals surface area contributed by atoms with Gasteiger partial charge >= 0.3 is 0 Å². The summed E-state index contributed by atoms with van der Waals surface area (Å²) in [7, 11) is 0. The molecule has 0 aliphatic carbocycles. The van der Waals surface area contributed by atoms with Gasteiger partial charge in [0.05, 0.1) is 0 Å². The molecule has 0 amide bonds. The van der Waals surface area contributed by atoms with E-state index in [-0.39, 0.29) is 49.6 Å². The third-order valence-corrected chi connectivity index (χ3v) is 10.9. The maximum absolute atomic E-state index is 6.13. The van der Waals surface area contributed by atoms with E-state index in [0.29, 0.717) is 48.3 Å². The van der Waals surface area contributed by atoms with E-state index in [1.54, 1.807) is 0 Å². The molecule has 248 valence electrons. The second-order valence-corrected chi connectivity index (χ2v) is 13.2. The molecule has 2 aliphatic heterocycles. The summed E-state index contributed by atoms with van der Waals surface area (Å²) < 4.78 is 0. The van der Waals surface area contributed by atoms with Crippen molar-refractivity contribution in [3.05, 3.63) is 69.7 Å². The molecule has 2 aromatic rings. The smallest absolute Gasteiger partial charge is 0.0406 e. The van der Waals surface area contributed by atoms with Gasteiger partial charge in [-0.15, -0.1) is 49.6 Å². The zero-order valence-corrected chi connectivity index (χ0v) is 31.7. The van der Waals surface area contributed by atoms with Gasteiger partial charge in [-0.25, -0.2) is 0 Å². The third kappa shape index (κ3) is 10.0. The summed E-state index contributed by atoms with van der Waals surface area (Å²) in [5.74, 6) is 0. The van der Waals surface area contributed by atoms with Crippen LogP contribution >= 0.6 is 72.8 Å². The van der Waals surface area contributed by atoms with Crippen LogP contribution in [0.4, 0.5) is 0 Å². The zero-order valence-electron chi connectivity index (χ0n) is 27.0. The van der Waals surface area contributed by atoms with Crippen molar-refractivity contribution in [3.63, 3.8) is 0 Å². The standard InChI is InChI=1S/C33H50Cl2N4.4ClH/c1-22-26(5)38(20-30-10-14-32(34)15-11-30)27(6)23(2)36(22)18-9-19-37-24(3)28(7)39(29(8)25(37)4)21-31-12-16-33(35)17-13-31;;;;/h10-17,22-29H,9,18-21H2,1-8H3;4*1H. The Morgan fingerprint density at radius 3 is 0.907 bits per heavy atom. The highest BCUT2D eigenvalue weighted by Gasteiger charge is 2.41. The first kappa shape index (κ1) is 43.0. The topological polar surface area (TPSA) is 13.0 Å². The average Bonchev–Trinajstić information content (AvgIpc) is 2.92. The summed E-state index contributed by atoms with van der Waals surface area (Å²) in [6.07, 6.45) is 1.20. The zero-order chi connectivity index (χ0) is 28.4. The van der Waals surface area contributed by atoms with Gasteiger partial charge in [-0.2, -0.15) is 0 Å². The summed E-state index contributed by atoms with van der Waals surface area (Å²) in [6, 6.07) is 20.8. The number of hydrogen-bond acceptors (Lipinski definition) is 4. The fourth-order valence-electron chi connectivity index (χ4n) is 7.13. The van der Waals surface area contributed by atoms with Crippen molar-refractivity contribution in [2.24, 2.45) is 0 Å². The molecule has 43 heavy (non-hydrogen) atoms. The van der Waals surface area contributed by atoms with E-state index in [9.17, 15) is 0 Å². The van der Waals surface area contributed by atoms with Crippen molar-refractivity contribution in [2.75, 3.05) is 13.1 Å². The Bertz CT molecular complexity index is 943. The molecule has 2 aromatic carbocycles. The maximum atomic E-state index is 6.13. The summed E-state index contributed by atoms with van der Waals surface area (Å²) >= 11 is 12.3. The molecule has 2 aliphatic rings. The lowest BCUT2D eigenvalue weighted by Gasteiger charge is -2.54. The maximum Gasteiger partial charge on any atom is 0.0406 e. The van der Waals surface area contributed by atoms with Crippen molar-refractivity contribution >= 4 is 72.8 Å². The third-order valence-electron chi connectivity index (χ3n) is 10.4. The first-order valence-corrected chi connectivity index (χ1v) is 15.8. The molecule has 10 heteroatoms. The summed E-state index contributed by atoms with van der Waals surface area (Å²) in [6.45, 7) is 23.6. The van der Waals surface area contributed by atoms with Gasteiger partial charge < -0.3 is 0 Å². The average molecular weight is 720 g/mol. The van der Waals surface area contributed by atoms with E-state index >= 15 is 0 Å². The second-order valence-electron chi connectivity index (χ2n) is 12.4. The highest BCUT2D eigenvalue weighted by atomic mass is 35.5. The van der Waals surface area contributed by atoms with Crippen molar-refractivity contribution in [1.82, 2.24) is 19.6 Å². The van der Waals surface area contributed by atoms with E-state index < -0.39 is 0 Å². The van der Waals surface area contributed by atoms with Crippen LogP contribution in [-0.4, -0.2) is 81.0 Å². The highest BCUT2D eigenvalue weighted by molar-refractivity contribution is 6.30. The van der Waals surface area contributed by atoms with Crippen LogP contribution in [0, 0.1) is 0 Å². The fourth-order valence-corrected chi connectivity index (χ4v) is 7.38. The molecular formula is C33H54Cl6N4. The lowest BCUT2D eigenvalue weighted by molar-refractivity contribution is -0.0584. The minimum atomic E-state index is 0. The molecule has 8 atom stereocenters. The van der Waals surface area contributed by atoms with Gasteiger partial charge in [-0.1, -0.05) is 47.5 Å². The molecule has 4 nitrogen and oxygen atoms in total. The Morgan fingerprint density at radius 1 is 0.419 bits per heavy atom. The number of rotatable bonds is 8. The normalized spacial score (nSPS) is 30.4. The van der Waals surface area contributed by atoms with Crippen molar-refractivity contribution in [3.8, 4) is 0 Å². The molecule has 2 heterocycles. The largest absolute Gasteiger partial charge is 0.295 e. The van der Waals surface area contributed by atoms with Crippen LogP contribution in [-0.2, 0) is 13.1 Å². The predicted octanol–water partition coefficient (Wildman–Crippen LogP) is 9.11. The van der Waals surface area contributed by atoms with Gasteiger partial charge in [-0.3, -0.25) is 19.6 Å². The number of nitrogens with zero attached hydrogens (tertiary/aromatic N) is 4. The van der Waals surface area contributed by atoms with Gasteiger partial charge in [0, 0.05) is 84.6 Å². The minimum Gasteiger partial charge on any atom is -0.295 e. The van der Waals surface area contributed by atoms with Crippen molar-refractivity contribution < 1.29 is 0 Å². The van der Waals surface area contributed by atoms with Crippen LogP contribution in [0.25, 0.3) is 0 Å². The van der Waals surface area contributed by atoms with Crippen molar-refractivity contribution in [2.45, 2.75) is 123 Å². The molecule has 0 aromatic heterocycles. The molecule has 0 spiro atoms. The lowest BCUT2D eigenvalue weighted by atomic mass is 9.92. The molecule has 0 bridgehead atoms. The van der Waals surface area contributed by atoms with Gasteiger partial charge in [0.1, 0.15) is 0 Å². The quantitative estimate of drug-likeness (QED) is 0.270. The SMILES string of the molecule is CC1C(C)N(Cc2ccc(Cl)cc2)C(C)C(C)N1CCCN1C(C)C(C)N(Cc2ccc(Cl)cc2)C(C)C1C.Cl.Cl.Cl.Cl. The highest BCUT2D eigenvalue weighted by Crippen LogP contribution is 2.31. The van der Waals surface area contributed by atoms with Crippen LogP contribution in [0.3, 0.4) is 0 Å². The number of hydrogen-bond donors (Lipinski definition) is 0. The summed E-state index contributed by atoms with van der Waals surface area (Å²) in [5, 5.41) is 1.61. The number of halogens is 6. The molecule has 4 rings (SSSR count). The predicted molar refractivity (Wildman–Crippen MR) is 197 cm³/mol. The van der Waals surface area contributed by atoms with E-state index in [4.69, 9.17) is 23.2 Å². The van der Waals surface area contributed by atoms with E-state index in [1.807, 2.05) is 24.3 Å². The van der Waals surface area contributed by atoms with Crippen LogP contribution < -0.4 is 0 Å². The van der Waals surface area contributed by atoms with Crippen LogP contribution in [0.15, 0.2) is 48.5 Å². The molecule has 2 saturated heterocycles. The molecule has 0 saturated carbocycles. The van der Waals surface area contributed by atoms with Crippen LogP contribution in [0.2, 0.25) is 10.0 Å². The molecule has 0 radical (unpaired) electrons. The summed E-state index contributed by atoms with van der Waals surface area (Å²) in [4.78, 5) is 10.9. The van der Waals surface area contributed by atoms with Crippen LogP contribution in [0.1, 0.15) is 72.9 Å². The Labute approximate surface area is 296 Å². The van der Waals surface area contributed by atoms with Gasteiger partial charge in [-0.05, 0) is 97.2 Å². The number of piperazine rings is 2. The second kappa shape index (κ2) is 19.0. The first-order valence-electron chi connectivity index (χ1n) is 15.0. The van der Waals surface area contributed by atoms with E-state index in [2.05, 4.69) is 99.3 Å². The Kier molecular flexibility index (Phi) is 19.0. The molecular weight excluding hydrogens is 665 g/mol. The fraction of sp³-hybridized carbons (Fsp3) is 0.636.